The Labute approximate surface area is 194 Å². The highest BCUT2D eigenvalue weighted by atomic mass is 35.5. The molecule has 2 rings (SSSR count). The molecule has 0 amide bonds. The van der Waals surface area contributed by atoms with E-state index in [-0.39, 0.29) is 57.1 Å². The van der Waals surface area contributed by atoms with Crippen molar-refractivity contribution in [2.24, 2.45) is 17.3 Å². The minimum Gasteiger partial charge on any atom is -0.507 e. The number of Topliss-reactive ketones (excluding diaryl/α,β-unsaturated/α-hetero) is 1. The van der Waals surface area contributed by atoms with Gasteiger partial charge in [0, 0.05) is 24.8 Å². The summed E-state index contributed by atoms with van der Waals surface area (Å²) in [6.45, 7) is 10.8. The van der Waals surface area contributed by atoms with Gasteiger partial charge >= 0.3 is 5.97 Å². The van der Waals surface area contributed by atoms with E-state index in [0.29, 0.717) is 24.7 Å². The average Bonchev–Trinajstić information content (AvgIpc) is 2.73. The van der Waals surface area contributed by atoms with E-state index in [0.717, 1.165) is 12.0 Å². The first-order chi connectivity index (χ1) is 14.8. The molecule has 0 radical (unpaired) electrons. The summed E-state index contributed by atoms with van der Waals surface area (Å²) in [6, 6.07) is 0. The van der Waals surface area contributed by atoms with Crippen LogP contribution >= 0.6 is 11.6 Å². The molecule has 0 saturated heterocycles. The van der Waals surface area contributed by atoms with E-state index in [2.05, 4.69) is 13.8 Å². The van der Waals surface area contributed by atoms with Crippen molar-refractivity contribution in [2.45, 2.75) is 73.3 Å². The summed E-state index contributed by atoms with van der Waals surface area (Å²) in [6.07, 6.45) is 3.61. The number of hydrogen-bond donors (Lipinski definition) is 2. The van der Waals surface area contributed by atoms with Crippen molar-refractivity contribution in [1.82, 2.24) is 0 Å². The van der Waals surface area contributed by atoms with Crippen LogP contribution in [0.3, 0.4) is 0 Å². The molecule has 1 fully saturated rings. The van der Waals surface area contributed by atoms with Crippen molar-refractivity contribution < 1.29 is 29.3 Å². The summed E-state index contributed by atoms with van der Waals surface area (Å²) in [5.74, 6) is -0.691. The van der Waals surface area contributed by atoms with Gasteiger partial charge in [0.05, 0.1) is 10.6 Å². The Bertz CT molecular complexity index is 950. The van der Waals surface area contributed by atoms with Gasteiger partial charge in [0.25, 0.3) is 0 Å². The van der Waals surface area contributed by atoms with Crippen LogP contribution in [0, 0.1) is 24.2 Å². The molecule has 1 saturated carbocycles. The molecule has 1 aliphatic carbocycles. The summed E-state index contributed by atoms with van der Waals surface area (Å²) in [7, 11) is 0. The molecule has 0 bridgehead atoms. The summed E-state index contributed by atoms with van der Waals surface area (Å²) in [5, 5.41) is 20.9. The number of halogens is 1. The topological polar surface area (TPSA) is 101 Å². The SMILES string of the molecule is CC(=O)O[C@H](C[C@@]1(C)[C@H](C)CCC(=O)[C@H]1C)C(C)=CCc1c(O)c(Cl)c(C)c(C=O)c1O. The largest absolute Gasteiger partial charge is 0.507 e. The zero-order valence-corrected chi connectivity index (χ0v) is 20.4. The maximum absolute atomic E-state index is 12.4. The molecular weight excluding hydrogens is 432 g/mol. The quantitative estimate of drug-likeness (QED) is 0.321. The minimum atomic E-state index is -0.566. The van der Waals surface area contributed by atoms with E-state index in [4.69, 9.17) is 16.3 Å². The monoisotopic (exact) mass is 464 g/mol. The lowest BCUT2D eigenvalue weighted by Gasteiger charge is -2.45. The first kappa shape index (κ1) is 25.9. The van der Waals surface area contributed by atoms with Gasteiger partial charge in [0.2, 0.25) is 0 Å². The third-order valence-corrected chi connectivity index (χ3v) is 7.84. The third-order valence-electron chi connectivity index (χ3n) is 7.38. The van der Waals surface area contributed by atoms with Crippen LogP contribution in [-0.4, -0.2) is 34.4 Å². The van der Waals surface area contributed by atoms with Gasteiger partial charge in [-0.1, -0.05) is 38.4 Å². The van der Waals surface area contributed by atoms with Gasteiger partial charge in [-0.15, -0.1) is 0 Å². The predicted molar refractivity (Wildman–Crippen MR) is 123 cm³/mol. The molecule has 176 valence electrons. The molecule has 1 aromatic carbocycles. The second-order valence-electron chi connectivity index (χ2n) is 9.23. The fraction of sp³-hybridized carbons (Fsp3) is 0.560. The van der Waals surface area contributed by atoms with Crippen LogP contribution in [0.15, 0.2) is 11.6 Å². The zero-order valence-electron chi connectivity index (χ0n) is 19.6. The van der Waals surface area contributed by atoms with Crippen LogP contribution < -0.4 is 0 Å². The number of aldehydes is 1. The van der Waals surface area contributed by atoms with Crippen molar-refractivity contribution in [1.29, 1.82) is 0 Å². The first-order valence-electron chi connectivity index (χ1n) is 10.9. The second-order valence-corrected chi connectivity index (χ2v) is 9.61. The van der Waals surface area contributed by atoms with Crippen molar-refractivity contribution in [2.75, 3.05) is 0 Å². The summed E-state index contributed by atoms with van der Waals surface area (Å²) in [4.78, 5) is 35.6. The molecule has 0 aromatic heterocycles. The van der Waals surface area contributed by atoms with Crippen LogP contribution in [-0.2, 0) is 20.7 Å². The van der Waals surface area contributed by atoms with E-state index in [1.807, 2.05) is 13.8 Å². The van der Waals surface area contributed by atoms with Crippen LogP contribution in [0.2, 0.25) is 5.02 Å². The number of ether oxygens (including phenoxy) is 1. The highest BCUT2D eigenvalue weighted by Crippen LogP contribution is 2.48. The molecular formula is C25H33ClO6. The number of benzene rings is 1. The Morgan fingerprint density at radius 2 is 1.91 bits per heavy atom. The molecule has 1 aliphatic rings. The lowest BCUT2D eigenvalue weighted by molar-refractivity contribution is -0.148. The maximum Gasteiger partial charge on any atom is 0.303 e. The Balaban J connectivity index is 2.39. The highest BCUT2D eigenvalue weighted by molar-refractivity contribution is 6.33. The van der Waals surface area contributed by atoms with Gasteiger partial charge in [-0.25, -0.2) is 0 Å². The van der Waals surface area contributed by atoms with Crippen molar-refractivity contribution >= 4 is 29.6 Å². The lowest BCUT2D eigenvalue weighted by Crippen LogP contribution is -2.44. The lowest BCUT2D eigenvalue weighted by atomic mass is 9.59. The number of allylic oxidation sites excluding steroid dienone is 1. The van der Waals surface area contributed by atoms with Gasteiger partial charge in [0.15, 0.2) is 6.29 Å². The second kappa shape index (κ2) is 10.1. The van der Waals surface area contributed by atoms with Crippen LogP contribution in [0.1, 0.15) is 75.4 Å². The Morgan fingerprint density at radius 1 is 1.28 bits per heavy atom. The fourth-order valence-electron chi connectivity index (χ4n) is 4.59. The zero-order chi connectivity index (χ0) is 24.4. The summed E-state index contributed by atoms with van der Waals surface area (Å²) < 4.78 is 5.62. The van der Waals surface area contributed by atoms with E-state index < -0.39 is 12.1 Å². The minimum absolute atomic E-state index is 0.0124. The van der Waals surface area contributed by atoms with Crippen LogP contribution in [0.5, 0.6) is 11.5 Å². The maximum atomic E-state index is 12.4. The molecule has 2 N–H and O–H groups in total. The number of esters is 1. The normalized spacial score (nSPS) is 24.8. The number of rotatable bonds is 7. The van der Waals surface area contributed by atoms with Crippen molar-refractivity contribution in [3.05, 3.63) is 33.4 Å². The number of ketones is 1. The van der Waals surface area contributed by atoms with Gasteiger partial charge in [-0.05, 0) is 55.6 Å². The molecule has 0 heterocycles. The van der Waals surface area contributed by atoms with Gasteiger partial charge in [-0.2, -0.15) is 0 Å². The number of hydrogen-bond acceptors (Lipinski definition) is 6. The van der Waals surface area contributed by atoms with E-state index >= 15 is 0 Å². The van der Waals surface area contributed by atoms with E-state index in [9.17, 15) is 24.6 Å². The number of phenolic OH excluding ortho intramolecular Hbond substituents is 2. The third kappa shape index (κ3) is 5.01. The van der Waals surface area contributed by atoms with Crippen molar-refractivity contribution in [3.8, 4) is 11.5 Å². The van der Waals surface area contributed by atoms with E-state index in [1.165, 1.54) is 6.92 Å². The molecule has 4 atom stereocenters. The first-order valence-corrected chi connectivity index (χ1v) is 11.3. The predicted octanol–water partition coefficient (Wildman–Crippen LogP) is 5.32. The van der Waals surface area contributed by atoms with Crippen molar-refractivity contribution in [3.63, 3.8) is 0 Å². The smallest absolute Gasteiger partial charge is 0.303 e. The van der Waals surface area contributed by atoms with Crippen LogP contribution in [0.4, 0.5) is 0 Å². The van der Waals surface area contributed by atoms with Gasteiger partial charge in [-0.3, -0.25) is 14.4 Å². The number of aromatic hydroxyl groups is 2. The average molecular weight is 465 g/mol. The van der Waals surface area contributed by atoms with Gasteiger partial charge in [0.1, 0.15) is 23.4 Å². The number of carbonyl (C=O) groups excluding carboxylic acids is 3. The number of carbonyl (C=O) groups is 3. The Morgan fingerprint density at radius 3 is 2.47 bits per heavy atom. The number of phenols is 2. The summed E-state index contributed by atoms with van der Waals surface area (Å²) in [5.41, 5.74) is 0.844. The standard InChI is InChI=1S/C25H33ClO6/c1-13(7-9-18-23(30)19(12-27)15(3)22(26)24(18)31)21(32-17(5)28)11-25(6)14(2)8-10-20(29)16(25)4/h7,12,14,16,21,30-31H,8-11H2,1-6H3/t14-,16-,21-,25+/m1/s1. The molecule has 0 spiro atoms. The highest BCUT2D eigenvalue weighted by Gasteiger charge is 2.45. The molecule has 7 heteroatoms. The molecule has 6 nitrogen and oxygen atoms in total. The van der Waals surface area contributed by atoms with Crippen LogP contribution in [0.25, 0.3) is 0 Å². The summed E-state index contributed by atoms with van der Waals surface area (Å²) >= 11 is 6.14. The molecule has 0 aliphatic heterocycles. The Kier molecular flexibility index (Phi) is 8.16. The molecule has 0 unspecified atom stereocenters. The molecule has 1 aromatic rings. The van der Waals surface area contributed by atoms with E-state index in [1.54, 1.807) is 13.0 Å². The van der Waals surface area contributed by atoms with Gasteiger partial charge < -0.3 is 14.9 Å². The molecule has 32 heavy (non-hydrogen) atoms. The Hall–Kier alpha value is -2.34. The fourth-order valence-corrected chi connectivity index (χ4v) is 4.80.